The summed E-state index contributed by atoms with van der Waals surface area (Å²) in [7, 11) is -3.76. The van der Waals surface area contributed by atoms with Crippen molar-refractivity contribution in [2.45, 2.75) is 31.1 Å². The van der Waals surface area contributed by atoms with Crippen molar-refractivity contribution in [3.63, 3.8) is 0 Å². The molecule has 4 N–H and O–H groups in total. The van der Waals surface area contributed by atoms with Crippen molar-refractivity contribution in [1.82, 2.24) is 0 Å². The van der Waals surface area contributed by atoms with Crippen molar-refractivity contribution in [3.05, 3.63) is 48.0 Å². The molecule has 0 saturated carbocycles. The van der Waals surface area contributed by atoms with Crippen molar-refractivity contribution in [3.8, 4) is 5.75 Å². The Morgan fingerprint density at radius 3 is 2.14 bits per heavy atom. The molecular formula is C16H20N2O3S. The lowest BCUT2D eigenvalue weighted by atomic mass is 9.87. The molecule has 0 amide bonds. The summed E-state index contributed by atoms with van der Waals surface area (Å²) in [6, 6.07) is 10.9. The van der Waals surface area contributed by atoms with E-state index in [1.807, 2.05) is 0 Å². The number of aromatic hydroxyl groups is 1. The van der Waals surface area contributed by atoms with Crippen molar-refractivity contribution >= 4 is 21.4 Å². The summed E-state index contributed by atoms with van der Waals surface area (Å²) in [5.41, 5.74) is 6.96. The highest BCUT2D eigenvalue weighted by Crippen LogP contribution is 2.28. The van der Waals surface area contributed by atoms with Gasteiger partial charge in [-0.1, -0.05) is 32.9 Å². The molecule has 0 radical (unpaired) electrons. The molecule has 5 nitrogen and oxygen atoms in total. The minimum absolute atomic E-state index is 0.0506. The standard InChI is InChI=1S/C16H20N2O3S/c1-16(2,3)11-4-7-13(8-5-11)22(20,21)18-14-9-6-12(17)10-15(14)19/h4-10,18-19H,17H2,1-3H3. The third kappa shape index (κ3) is 3.51. The Hall–Kier alpha value is -2.21. The van der Waals surface area contributed by atoms with Crippen LogP contribution >= 0.6 is 0 Å². The lowest BCUT2D eigenvalue weighted by Gasteiger charge is -2.19. The molecule has 0 aliphatic heterocycles. The minimum atomic E-state index is -3.76. The number of phenolic OH excluding ortho intramolecular Hbond substituents is 1. The Balaban J connectivity index is 2.31. The summed E-state index contributed by atoms with van der Waals surface area (Å²) in [5.74, 6) is -0.213. The zero-order valence-electron chi connectivity index (χ0n) is 12.8. The third-order valence-electron chi connectivity index (χ3n) is 3.30. The van der Waals surface area contributed by atoms with Gasteiger partial charge in [0.05, 0.1) is 10.6 Å². The summed E-state index contributed by atoms with van der Waals surface area (Å²) in [6.45, 7) is 6.17. The van der Waals surface area contributed by atoms with Crippen molar-refractivity contribution in [2.75, 3.05) is 10.5 Å². The smallest absolute Gasteiger partial charge is 0.262 e. The lowest BCUT2D eigenvalue weighted by molar-refractivity contribution is 0.478. The normalized spacial score (nSPS) is 12.1. The molecule has 0 aromatic heterocycles. The Bertz CT molecular complexity index is 776. The van der Waals surface area contributed by atoms with Crippen molar-refractivity contribution in [2.24, 2.45) is 0 Å². The molecule has 2 rings (SSSR count). The fourth-order valence-electron chi connectivity index (χ4n) is 1.97. The molecule has 0 heterocycles. The predicted molar refractivity (Wildman–Crippen MR) is 88.5 cm³/mol. The van der Waals surface area contributed by atoms with Gasteiger partial charge < -0.3 is 10.8 Å². The number of phenols is 1. The molecular weight excluding hydrogens is 300 g/mol. The maximum atomic E-state index is 12.3. The summed E-state index contributed by atoms with van der Waals surface area (Å²) in [6.07, 6.45) is 0. The number of nitrogen functional groups attached to an aromatic ring is 1. The molecule has 2 aromatic rings. The molecule has 118 valence electrons. The van der Waals surface area contributed by atoms with Crippen LogP contribution in [0.25, 0.3) is 0 Å². The van der Waals surface area contributed by atoms with E-state index in [-0.39, 0.29) is 21.7 Å². The predicted octanol–water partition coefficient (Wildman–Crippen LogP) is 3.07. The van der Waals surface area contributed by atoms with E-state index in [4.69, 9.17) is 5.73 Å². The molecule has 0 fully saturated rings. The SMILES string of the molecule is CC(C)(C)c1ccc(S(=O)(=O)Nc2ccc(N)cc2O)cc1. The second-order valence-electron chi connectivity index (χ2n) is 6.16. The molecule has 0 aliphatic rings. The molecule has 0 unspecified atom stereocenters. The van der Waals surface area contributed by atoms with Crippen LogP contribution in [-0.4, -0.2) is 13.5 Å². The quantitative estimate of drug-likeness (QED) is 0.598. The van der Waals surface area contributed by atoms with Crippen LogP contribution in [-0.2, 0) is 15.4 Å². The zero-order chi connectivity index (χ0) is 16.5. The van der Waals surface area contributed by atoms with Crippen LogP contribution in [0.3, 0.4) is 0 Å². The van der Waals surface area contributed by atoms with E-state index in [1.54, 1.807) is 24.3 Å². The number of hydrogen-bond donors (Lipinski definition) is 3. The maximum absolute atomic E-state index is 12.3. The van der Waals surface area contributed by atoms with Gasteiger partial charge in [0.1, 0.15) is 5.75 Å². The van der Waals surface area contributed by atoms with Gasteiger partial charge in [-0.3, -0.25) is 4.72 Å². The number of nitrogens with two attached hydrogens (primary N) is 1. The fourth-order valence-corrected chi connectivity index (χ4v) is 3.05. The molecule has 0 atom stereocenters. The monoisotopic (exact) mass is 320 g/mol. The van der Waals surface area contributed by atoms with Gasteiger partial charge in [0.15, 0.2) is 0 Å². The molecule has 0 spiro atoms. The maximum Gasteiger partial charge on any atom is 0.262 e. The van der Waals surface area contributed by atoms with E-state index in [2.05, 4.69) is 25.5 Å². The average molecular weight is 320 g/mol. The highest BCUT2D eigenvalue weighted by Gasteiger charge is 2.18. The van der Waals surface area contributed by atoms with Crippen LogP contribution in [0.2, 0.25) is 0 Å². The van der Waals surface area contributed by atoms with E-state index in [0.29, 0.717) is 5.69 Å². The molecule has 2 aromatic carbocycles. The van der Waals surface area contributed by atoms with Gasteiger partial charge in [0.2, 0.25) is 0 Å². The second kappa shape index (κ2) is 5.53. The van der Waals surface area contributed by atoms with Crippen molar-refractivity contribution in [1.29, 1.82) is 0 Å². The first-order chi connectivity index (χ1) is 10.1. The molecule has 0 aliphatic carbocycles. The van der Waals surface area contributed by atoms with Gasteiger partial charge in [0, 0.05) is 11.8 Å². The summed E-state index contributed by atoms with van der Waals surface area (Å²) in [4.78, 5) is 0.136. The van der Waals surface area contributed by atoms with E-state index in [1.165, 1.54) is 18.2 Å². The number of anilines is 2. The van der Waals surface area contributed by atoms with Gasteiger partial charge in [-0.15, -0.1) is 0 Å². The molecule has 22 heavy (non-hydrogen) atoms. The van der Waals surface area contributed by atoms with Gasteiger partial charge in [-0.2, -0.15) is 0 Å². The third-order valence-corrected chi connectivity index (χ3v) is 4.68. The van der Waals surface area contributed by atoms with Crippen LogP contribution in [0.5, 0.6) is 5.75 Å². The zero-order valence-corrected chi connectivity index (χ0v) is 13.6. The first-order valence-electron chi connectivity index (χ1n) is 6.81. The number of nitrogens with one attached hydrogen (secondary N) is 1. The summed E-state index contributed by atoms with van der Waals surface area (Å²) < 4.78 is 27.0. The van der Waals surface area contributed by atoms with Crippen LogP contribution in [0, 0.1) is 0 Å². The lowest BCUT2D eigenvalue weighted by Crippen LogP contribution is -2.15. The molecule has 0 saturated heterocycles. The second-order valence-corrected chi connectivity index (χ2v) is 7.84. The number of rotatable bonds is 3. The topological polar surface area (TPSA) is 92.4 Å². The van der Waals surface area contributed by atoms with E-state index >= 15 is 0 Å². The molecule has 6 heteroatoms. The number of benzene rings is 2. The Morgan fingerprint density at radius 1 is 1.05 bits per heavy atom. The summed E-state index contributed by atoms with van der Waals surface area (Å²) >= 11 is 0. The highest BCUT2D eigenvalue weighted by molar-refractivity contribution is 7.92. The molecule has 0 bridgehead atoms. The Labute approximate surface area is 130 Å². The van der Waals surface area contributed by atoms with Crippen LogP contribution in [0.15, 0.2) is 47.4 Å². The highest BCUT2D eigenvalue weighted by atomic mass is 32.2. The van der Waals surface area contributed by atoms with Gasteiger partial charge in [-0.05, 0) is 35.2 Å². The first kappa shape index (κ1) is 16.2. The fraction of sp³-hybridized carbons (Fsp3) is 0.250. The largest absolute Gasteiger partial charge is 0.506 e. The Morgan fingerprint density at radius 2 is 1.64 bits per heavy atom. The Kier molecular flexibility index (Phi) is 4.06. The van der Waals surface area contributed by atoms with E-state index in [9.17, 15) is 13.5 Å². The minimum Gasteiger partial charge on any atom is -0.506 e. The van der Waals surface area contributed by atoms with Crippen LogP contribution in [0.4, 0.5) is 11.4 Å². The van der Waals surface area contributed by atoms with E-state index < -0.39 is 10.0 Å². The summed E-state index contributed by atoms with van der Waals surface area (Å²) in [5, 5.41) is 9.75. The van der Waals surface area contributed by atoms with E-state index in [0.717, 1.165) is 5.56 Å². The van der Waals surface area contributed by atoms with Crippen LogP contribution in [0.1, 0.15) is 26.3 Å². The van der Waals surface area contributed by atoms with Gasteiger partial charge in [-0.25, -0.2) is 8.42 Å². The number of sulfonamides is 1. The number of hydrogen-bond acceptors (Lipinski definition) is 4. The average Bonchev–Trinajstić information content (AvgIpc) is 2.41. The van der Waals surface area contributed by atoms with Crippen LogP contribution < -0.4 is 10.5 Å². The first-order valence-corrected chi connectivity index (χ1v) is 8.30. The van der Waals surface area contributed by atoms with Gasteiger partial charge >= 0.3 is 0 Å². The van der Waals surface area contributed by atoms with Crippen molar-refractivity contribution < 1.29 is 13.5 Å². The van der Waals surface area contributed by atoms with Gasteiger partial charge in [0.25, 0.3) is 10.0 Å².